The maximum Gasteiger partial charge on any atom is 0.349 e. The van der Waals surface area contributed by atoms with Crippen LogP contribution in [0.2, 0.25) is 5.15 Å². The number of rotatable bonds is 4. The molecule has 0 saturated heterocycles. The highest BCUT2D eigenvalue weighted by atomic mass is 35.5. The van der Waals surface area contributed by atoms with Crippen molar-refractivity contribution in [2.45, 2.75) is 6.92 Å². The first-order valence-electron chi connectivity index (χ1n) is 8.22. The Hall–Kier alpha value is -3.52. The molecular formula is C19H13ClFN5O2. The van der Waals surface area contributed by atoms with Gasteiger partial charge in [0.05, 0.1) is 5.69 Å². The van der Waals surface area contributed by atoms with Gasteiger partial charge in [-0.15, -0.1) is 5.10 Å². The van der Waals surface area contributed by atoms with E-state index in [4.69, 9.17) is 16.3 Å². The van der Waals surface area contributed by atoms with Gasteiger partial charge in [0, 0.05) is 17.8 Å². The summed E-state index contributed by atoms with van der Waals surface area (Å²) in [6, 6.07) is 12.2. The largest absolute Gasteiger partial charge is 0.455 e. The summed E-state index contributed by atoms with van der Waals surface area (Å²) in [5.41, 5.74) is 0.688. The normalized spacial score (nSPS) is 10.8. The van der Waals surface area contributed by atoms with E-state index in [0.717, 1.165) is 4.68 Å². The number of nitrogens with zero attached hydrogens (tertiary/aromatic N) is 4. The molecule has 0 aliphatic heterocycles. The zero-order chi connectivity index (χ0) is 19.7. The number of hydrogen-bond acceptors (Lipinski definition) is 5. The number of pyridine rings is 2. The van der Waals surface area contributed by atoms with Crippen molar-refractivity contribution >= 4 is 11.6 Å². The van der Waals surface area contributed by atoms with Crippen molar-refractivity contribution in [1.29, 1.82) is 0 Å². The maximum atomic E-state index is 13.1. The Balaban J connectivity index is 1.64. The van der Waals surface area contributed by atoms with Gasteiger partial charge in [-0.25, -0.2) is 19.2 Å². The van der Waals surface area contributed by atoms with Crippen LogP contribution in [0.25, 0.3) is 17.2 Å². The third-order valence-corrected chi connectivity index (χ3v) is 4.11. The second-order valence-corrected chi connectivity index (χ2v) is 6.25. The highest BCUT2D eigenvalue weighted by molar-refractivity contribution is 6.29. The predicted molar refractivity (Wildman–Crippen MR) is 101 cm³/mol. The van der Waals surface area contributed by atoms with Crippen molar-refractivity contribution in [2.24, 2.45) is 0 Å². The van der Waals surface area contributed by atoms with Crippen molar-refractivity contribution in [3.05, 3.63) is 81.9 Å². The Morgan fingerprint density at radius 2 is 1.93 bits per heavy atom. The van der Waals surface area contributed by atoms with Gasteiger partial charge >= 0.3 is 5.69 Å². The molecule has 0 amide bonds. The van der Waals surface area contributed by atoms with Gasteiger partial charge in [0.2, 0.25) is 0 Å². The molecule has 0 radical (unpaired) electrons. The van der Waals surface area contributed by atoms with Crippen LogP contribution in [0.1, 0.15) is 5.69 Å². The molecule has 0 bridgehead atoms. The van der Waals surface area contributed by atoms with Crippen molar-refractivity contribution in [2.75, 3.05) is 0 Å². The van der Waals surface area contributed by atoms with Crippen LogP contribution in [0.5, 0.6) is 11.5 Å². The summed E-state index contributed by atoms with van der Waals surface area (Å²) in [6.45, 7) is 1.75. The molecule has 3 heterocycles. The molecule has 0 saturated carbocycles. The number of H-pyrrole nitrogens is 1. The first-order valence-corrected chi connectivity index (χ1v) is 8.60. The zero-order valence-electron chi connectivity index (χ0n) is 14.6. The average molecular weight is 398 g/mol. The molecule has 1 N–H and O–H groups in total. The van der Waals surface area contributed by atoms with E-state index in [0.29, 0.717) is 39.6 Å². The number of aryl methyl sites for hydroxylation is 1. The van der Waals surface area contributed by atoms with Crippen LogP contribution in [0.3, 0.4) is 0 Å². The topological polar surface area (TPSA) is 85.7 Å². The van der Waals surface area contributed by atoms with E-state index in [1.165, 1.54) is 30.5 Å². The van der Waals surface area contributed by atoms with E-state index >= 15 is 0 Å². The minimum absolute atomic E-state index is 0.316. The Morgan fingerprint density at radius 3 is 2.64 bits per heavy atom. The van der Waals surface area contributed by atoms with Gasteiger partial charge in [-0.1, -0.05) is 11.6 Å². The Labute approximate surface area is 163 Å². The minimum atomic E-state index is -0.458. The lowest BCUT2D eigenvalue weighted by Crippen LogP contribution is -2.17. The van der Waals surface area contributed by atoms with E-state index < -0.39 is 5.69 Å². The fourth-order valence-corrected chi connectivity index (χ4v) is 2.72. The highest BCUT2D eigenvalue weighted by Crippen LogP contribution is 2.25. The lowest BCUT2D eigenvalue weighted by Gasteiger charge is -2.09. The number of nitrogens with one attached hydrogen (secondary N) is 1. The molecule has 0 aliphatic carbocycles. The Bertz CT molecular complexity index is 1200. The van der Waals surface area contributed by atoms with Crippen LogP contribution in [-0.2, 0) is 0 Å². The minimum Gasteiger partial charge on any atom is -0.455 e. The molecule has 9 heteroatoms. The summed E-state index contributed by atoms with van der Waals surface area (Å²) in [5.74, 6) is 1.30. The van der Waals surface area contributed by atoms with E-state index in [9.17, 15) is 9.18 Å². The van der Waals surface area contributed by atoms with Crippen LogP contribution in [0.4, 0.5) is 4.39 Å². The van der Waals surface area contributed by atoms with Crippen LogP contribution < -0.4 is 10.4 Å². The molecule has 0 atom stereocenters. The lowest BCUT2D eigenvalue weighted by atomic mass is 10.2. The molecule has 3 aromatic heterocycles. The van der Waals surface area contributed by atoms with Crippen LogP contribution in [0, 0.1) is 12.7 Å². The molecule has 0 aliphatic rings. The number of ether oxygens (including phenoxy) is 1. The molecule has 140 valence electrons. The maximum absolute atomic E-state index is 13.1. The fraction of sp³-hybridized carbons (Fsp3) is 0.0526. The highest BCUT2D eigenvalue weighted by Gasteiger charge is 2.12. The smallest absolute Gasteiger partial charge is 0.349 e. The molecule has 0 spiro atoms. The molecule has 7 nitrogen and oxygen atoms in total. The molecule has 28 heavy (non-hydrogen) atoms. The summed E-state index contributed by atoms with van der Waals surface area (Å²) in [4.78, 5) is 23.2. The quantitative estimate of drug-likeness (QED) is 0.528. The molecular weight excluding hydrogens is 385 g/mol. The van der Waals surface area contributed by atoms with Crippen LogP contribution in [-0.4, -0.2) is 24.7 Å². The van der Waals surface area contributed by atoms with Gasteiger partial charge in [-0.05, 0) is 49.4 Å². The van der Waals surface area contributed by atoms with Gasteiger partial charge in [0.15, 0.2) is 11.6 Å². The van der Waals surface area contributed by atoms with E-state index in [1.807, 2.05) is 0 Å². The molecule has 4 aromatic rings. The average Bonchev–Trinajstić information content (AvgIpc) is 3.06. The standard InChI is InChI=1S/C19H13ClFN5O2/c1-11-15(28-14-8-9-22-16(20)10-14)6-7-17(23-11)26-19(27)24-18(25-26)12-2-4-13(21)5-3-12/h2-10H,1H3,(H,24,25,27). The summed E-state index contributed by atoms with van der Waals surface area (Å²) in [7, 11) is 0. The van der Waals surface area contributed by atoms with Gasteiger partial charge < -0.3 is 4.74 Å². The van der Waals surface area contributed by atoms with Gasteiger partial charge in [-0.3, -0.25) is 4.98 Å². The molecule has 4 rings (SSSR count). The number of aromatic nitrogens is 5. The zero-order valence-corrected chi connectivity index (χ0v) is 15.3. The number of aromatic amines is 1. The molecule has 0 fully saturated rings. The first-order chi connectivity index (χ1) is 13.5. The van der Waals surface area contributed by atoms with Gasteiger partial charge in [-0.2, -0.15) is 4.68 Å². The van der Waals surface area contributed by atoms with Crippen molar-refractivity contribution in [1.82, 2.24) is 24.7 Å². The van der Waals surface area contributed by atoms with E-state index in [2.05, 4.69) is 20.1 Å². The number of halogens is 2. The molecule has 0 unspecified atom stereocenters. The van der Waals surface area contributed by atoms with Crippen LogP contribution >= 0.6 is 11.6 Å². The fourth-order valence-electron chi connectivity index (χ4n) is 2.55. The number of hydrogen-bond donors (Lipinski definition) is 1. The lowest BCUT2D eigenvalue weighted by molar-refractivity contribution is 0.474. The third kappa shape index (κ3) is 3.63. The SMILES string of the molecule is Cc1nc(-n2nc(-c3ccc(F)cc3)[nH]c2=O)ccc1Oc1ccnc(Cl)c1. The summed E-state index contributed by atoms with van der Waals surface area (Å²) >= 11 is 5.86. The predicted octanol–water partition coefficient (Wildman–Crippen LogP) is 3.91. The second kappa shape index (κ2) is 7.24. The summed E-state index contributed by atoms with van der Waals surface area (Å²) in [6.07, 6.45) is 1.54. The summed E-state index contributed by atoms with van der Waals surface area (Å²) in [5, 5.41) is 4.56. The van der Waals surface area contributed by atoms with Crippen molar-refractivity contribution < 1.29 is 9.13 Å². The monoisotopic (exact) mass is 397 g/mol. The van der Waals surface area contributed by atoms with Gasteiger partial charge in [0.25, 0.3) is 0 Å². The number of benzene rings is 1. The Kier molecular flexibility index (Phi) is 4.62. The second-order valence-electron chi connectivity index (χ2n) is 5.87. The summed E-state index contributed by atoms with van der Waals surface area (Å²) < 4.78 is 20.0. The van der Waals surface area contributed by atoms with Crippen molar-refractivity contribution in [3.8, 4) is 28.7 Å². The first kappa shape index (κ1) is 17.9. The van der Waals surface area contributed by atoms with Crippen LogP contribution in [0.15, 0.2) is 59.5 Å². The van der Waals surface area contributed by atoms with Crippen molar-refractivity contribution in [3.63, 3.8) is 0 Å². The Morgan fingerprint density at radius 1 is 1.14 bits per heavy atom. The van der Waals surface area contributed by atoms with E-state index in [1.54, 1.807) is 31.2 Å². The van der Waals surface area contributed by atoms with E-state index in [-0.39, 0.29) is 5.82 Å². The molecule has 1 aromatic carbocycles. The van der Waals surface area contributed by atoms with Gasteiger partial charge in [0.1, 0.15) is 22.5 Å². The third-order valence-electron chi connectivity index (χ3n) is 3.90.